The second-order valence-electron chi connectivity index (χ2n) is 7.41. The Balaban J connectivity index is 1.75. The summed E-state index contributed by atoms with van der Waals surface area (Å²) in [4.78, 5) is 2.44. The van der Waals surface area contributed by atoms with Crippen molar-refractivity contribution in [2.24, 2.45) is 7.05 Å². The van der Waals surface area contributed by atoms with Gasteiger partial charge in [-0.1, -0.05) is 24.3 Å². The van der Waals surface area contributed by atoms with Crippen LogP contribution in [0.1, 0.15) is 41.7 Å². The van der Waals surface area contributed by atoms with Crippen LogP contribution in [0.5, 0.6) is 0 Å². The van der Waals surface area contributed by atoms with Gasteiger partial charge in [-0.2, -0.15) is 9.61 Å². The Labute approximate surface area is 157 Å². The molecule has 4 heterocycles. The molecule has 0 saturated carbocycles. The van der Waals surface area contributed by atoms with Gasteiger partial charge in [0.2, 0.25) is 0 Å². The molecule has 0 N–H and O–H groups in total. The standard InChI is InChI=1S/C20H23N7/c1-12-18(13(2)25(4)23-12)17-10-7-11-26(17)20-16-9-6-5-8-15(16)19-22-21-14(3)27(19)24-20/h5-6,8-9,17H,7,10-11H2,1-4H3/t17-/m1/s1. The molecule has 1 saturated heterocycles. The van der Waals surface area contributed by atoms with Crippen LogP contribution in [0.2, 0.25) is 0 Å². The number of nitrogens with zero attached hydrogens (tertiary/aromatic N) is 7. The summed E-state index contributed by atoms with van der Waals surface area (Å²) < 4.78 is 3.86. The summed E-state index contributed by atoms with van der Waals surface area (Å²) in [5, 5.41) is 20.4. The minimum absolute atomic E-state index is 0.295. The highest BCUT2D eigenvalue weighted by Gasteiger charge is 2.33. The normalized spacial score (nSPS) is 17.5. The van der Waals surface area contributed by atoms with E-state index in [4.69, 9.17) is 5.10 Å². The van der Waals surface area contributed by atoms with E-state index in [1.54, 1.807) is 0 Å². The van der Waals surface area contributed by atoms with Crippen LogP contribution in [0.3, 0.4) is 0 Å². The Kier molecular flexibility index (Phi) is 3.47. The van der Waals surface area contributed by atoms with Crippen molar-refractivity contribution in [3.05, 3.63) is 47.0 Å². The molecule has 1 fully saturated rings. The molecular weight excluding hydrogens is 338 g/mol. The van der Waals surface area contributed by atoms with Gasteiger partial charge >= 0.3 is 0 Å². The molecule has 0 amide bonds. The SMILES string of the molecule is Cc1nn(C)c(C)c1[C@H]1CCCN1c1nn2c(C)nnc2c2ccccc12. The maximum atomic E-state index is 4.98. The van der Waals surface area contributed by atoms with Crippen molar-refractivity contribution >= 4 is 22.2 Å². The Morgan fingerprint density at radius 2 is 1.78 bits per heavy atom. The fourth-order valence-electron chi connectivity index (χ4n) is 4.47. The van der Waals surface area contributed by atoms with E-state index in [9.17, 15) is 0 Å². The molecule has 7 heteroatoms. The number of hydrogen-bond donors (Lipinski definition) is 0. The molecule has 7 nitrogen and oxygen atoms in total. The number of aromatic nitrogens is 6. The van der Waals surface area contributed by atoms with Gasteiger partial charge in [-0.15, -0.1) is 15.3 Å². The summed E-state index contributed by atoms with van der Waals surface area (Å²) in [5.41, 5.74) is 4.49. The van der Waals surface area contributed by atoms with Crippen LogP contribution < -0.4 is 4.90 Å². The first-order valence-electron chi connectivity index (χ1n) is 9.43. The van der Waals surface area contributed by atoms with Crippen LogP contribution in [-0.2, 0) is 7.05 Å². The number of benzene rings is 1. The summed E-state index contributed by atoms with van der Waals surface area (Å²) in [6, 6.07) is 8.66. The molecule has 0 radical (unpaired) electrons. The molecule has 0 aliphatic carbocycles. The maximum absolute atomic E-state index is 4.98. The van der Waals surface area contributed by atoms with Crippen molar-refractivity contribution in [1.29, 1.82) is 0 Å². The predicted molar refractivity (Wildman–Crippen MR) is 105 cm³/mol. The van der Waals surface area contributed by atoms with Crippen LogP contribution in [-0.4, -0.2) is 36.1 Å². The van der Waals surface area contributed by atoms with Gasteiger partial charge in [0.15, 0.2) is 17.3 Å². The van der Waals surface area contributed by atoms with Gasteiger partial charge in [-0.25, -0.2) is 0 Å². The molecular formula is C20H23N7. The molecule has 4 aromatic rings. The minimum Gasteiger partial charge on any atom is -0.347 e. The second kappa shape index (κ2) is 5.77. The van der Waals surface area contributed by atoms with E-state index in [0.29, 0.717) is 6.04 Å². The van der Waals surface area contributed by atoms with Crippen molar-refractivity contribution < 1.29 is 0 Å². The van der Waals surface area contributed by atoms with Crippen LogP contribution in [0.4, 0.5) is 5.82 Å². The Morgan fingerprint density at radius 3 is 2.52 bits per heavy atom. The Hall–Kier alpha value is -2.96. The van der Waals surface area contributed by atoms with Crippen LogP contribution in [0.15, 0.2) is 24.3 Å². The summed E-state index contributed by atoms with van der Waals surface area (Å²) in [6.07, 6.45) is 2.26. The topological polar surface area (TPSA) is 64.1 Å². The Morgan fingerprint density at radius 1 is 1.00 bits per heavy atom. The molecule has 27 heavy (non-hydrogen) atoms. The summed E-state index contributed by atoms with van der Waals surface area (Å²) in [6.45, 7) is 7.20. The highest BCUT2D eigenvalue weighted by atomic mass is 15.4. The van der Waals surface area contributed by atoms with Crippen LogP contribution >= 0.6 is 0 Å². The van der Waals surface area contributed by atoms with E-state index in [1.165, 1.54) is 11.3 Å². The molecule has 1 aliphatic heterocycles. The highest BCUT2D eigenvalue weighted by molar-refractivity contribution is 6.00. The lowest BCUT2D eigenvalue weighted by atomic mass is 10.0. The van der Waals surface area contributed by atoms with Gasteiger partial charge in [-0.05, 0) is 33.6 Å². The molecule has 5 rings (SSSR count). The Bertz CT molecular complexity index is 1170. The quantitative estimate of drug-likeness (QED) is 0.548. The average Bonchev–Trinajstić information content (AvgIpc) is 3.34. The van der Waals surface area contributed by atoms with Gasteiger partial charge in [0.05, 0.1) is 11.7 Å². The van der Waals surface area contributed by atoms with Crippen LogP contribution in [0.25, 0.3) is 16.4 Å². The largest absolute Gasteiger partial charge is 0.347 e. The average molecular weight is 361 g/mol. The zero-order valence-corrected chi connectivity index (χ0v) is 16.1. The number of aryl methyl sites for hydroxylation is 3. The van der Waals surface area contributed by atoms with E-state index in [-0.39, 0.29) is 0 Å². The predicted octanol–water partition coefficient (Wildman–Crippen LogP) is 3.28. The van der Waals surface area contributed by atoms with Crippen molar-refractivity contribution in [1.82, 2.24) is 29.6 Å². The van der Waals surface area contributed by atoms with E-state index in [0.717, 1.165) is 53.1 Å². The molecule has 1 aromatic carbocycles. The molecule has 0 bridgehead atoms. The van der Waals surface area contributed by atoms with E-state index >= 15 is 0 Å². The molecule has 0 spiro atoms. The van der Waals surface area contributed by atoms with E-state index in [2.05, 4.69) is 52.2 Å². The zero-order chi connectivity index (χ0) is 18.7. The molecule has 3 aromatic heterocycles. The first-order valence-corrected chi connectivity index (χ1v) is 9.43. The number of anilines is 1. The first kappa shape index (κ1) is 16.2. The monoisotopic (exact) mass is 361 g/mol. The van der Waals surface area contributed by atoms with Gasteiger partial charge in [0.25, 0.3) is 0 Å². The molecule has 0 unspecified atom stereocenters. The van der Waals surface area contributed by atoms with Gasteiger partial charge in [-0.3, -0.25) is 4.68 Å². The van der Waals surface area contributed by atoms with Crippen molar-refractivity contribution in [3.8, 4) is 0 Å². The van der Waals surface area contributed by atoms with Gasteiger partial charge in [0, 0.05) is 35.6 Å². The third-order valence-corrected chi connectivity index (χ3v) is 5.82. The number of rotatable bonds is 2. The van der Waals surface area contributed by atoms with Crippen molar-refractivity contribution in [3.63, 3.8) is 0 Å². The lowest BCUT2D eigenvalue weighted by Crippen LogP contribution is -2.25. The van der Waals surface area contributed by atoms with Crippen molar-refractivity contribution in [2.75, 3.05) is 11.4 Å². The lowest BCUT2D eigenvalue weighted by molar-refractivity contribution is 0.688. The van der Waals surface area contributed by atoms with Crippen LogP contribution in [0, 0.1) is 20.8 Å². The van der Waals surface area contributed by atoms with E-state index < -0.39 is 0 Å². The number of fused-ring (bicyclic) bond motifs is 3. The van der Waals surface area contributed by atoms with Gasteiger partial charge < -0.3 is 4.90 Å². The highest BCUT2D eigenvalue weighted by Crippen LogP contribution is 2.40. The zero-order valence-electron chi connectivity index (χ0n) is 16.1. The molecule has 1 aliphatic rings. The minimum atomic E-state index is 0.295. The first-order chi connectivity index (χ1) is 13.1. The van der Waals surface area contributed by atoms with Gasteiger partial charge in [0.1, 0.15) is 0 Å². The maximum Gasteiger partial charge on any atom is 0.185 e. The third-order valence-electron chi connectivity index (χ3n) is 5.82. The summed E-state index contributed by atoms with van der Waals surface area (Å²) in [5.74, 6) is 1.81. The van der Waals surface area contributed by atoms with Crippen molar-refractivity contribution in [2.45, 2.75) is 39.7 Å². The lowest BCUT2D eigenvalue weighted by Gasteiger charge is -2.27. The molecule has 1 atom stereocenters. The number of hydrogen-bond acceptors (Lipinski definition) is 5. The van der Waals surface area contributed by atoms with E-state index in [1.807, 2.05) is 29.2 Å². The third kappa shape index (κ3) is 2.27. The molecule has 138 valence electrons. The fraction of sp³-hybridized carbons (Fsp3) is 0.400. The second-order valence-corrected chi connectivity index (χ2v) is 7.41. The smallest absolute Gasteiger partial charge is 0.185 e. The fourth-order valence-corrected chi connectivity index (χ4v) is 4.47. The summed E-state index contributed by atoms with van der Waals surface area (Å²) >= 11 is 0. The summed E-state index contributed by atoms with van der Waals surface area (Å²) in [7, 11) is 2.02.